The van der Waals surface area contributed by atoms with Gasteiger partial charge in [-0.25, -0.2) is 14.8 Å². The minimum Gasteiger partial charge on any atom is -0.463 e. The number of amides is 2. The van der Waals surface area contributed by atoms with Crippen LogP contribution >= 0.6 is 11.6 Å². The topological polar surface area (TPSA) is 102 Å². The van der Waals surface area contributed by atoms with Crippen molar-refractivity contribution in [1.82, 2.24) is 4.98 Å². The van der Waals surface area contributed by atoms with Gasteiger partial charge in [-0.05, 0) is 42.7 Å². The van der Waals surface area contributed by atoms with Crippen LogP contribution in [0.1, 0.15) is 12.0 Å². The lowest BCUT2D eigenvalue weighted by molar-refractivity contribution is 0.262. The molecule has 2 heterocycles. The molecule has 0 saturated heterocycles. The Labute approximate surface area is 150 Å². The first kappa shape index (κ1) is 17.0. The first-order valence-corrected chi connectivity index (χ1v) is 8.21. The maximum absolute atomic E-state index is 11.9. The summed E-state index contributed by atoms with van der Waals surface area (Å²) in [6, 6.07) is 11.0. The van der Waals surface area contributed by atoms with Crippen LogP contribution in [0.2, 0.25) is 5.02 Å². The smallest absolute Gasteiger partial charge is 0.324 e. The van der Waals surface area contributed by atoms with Crippen molar-refractivity contribution in [3.8, 4) is 0 Å². The zero-order valence-electron chi connectivity index (χ0n) is 13.4. The maximum atomic E-state index is 11.9. The number of anilines is 2. The summed E-state index contributed by atoms with van der Waals surface area (Å²) in [4.78, 5) is 20.2. The van der Waals surface area contributed by atoms with Crippen LogP contribution in [-0.4, -0.2) is 29.7 Å². The number of pyridine rings is 1. The van der Waals surface area contributed by atoms with E-state index >= 15 is 0 Å². The van der Waals surface area contributed by atoms with Crippen LogP contribution in [0.4, 0.5) is 16.3 Å². The highest BCUT2D eigenvalue weighted by Crippen LogP contribution is 2.15. The Morgan fingerprint density at radius 2 is 2.04 bits per heavy atom. The van der Waals surface area contributed by atoms with Crippen LogP contribution in [0.15, 0.2) is 47.6 Å². The van der Waals surface area contributed by atoms with Gasteiger partial charge in [0.15, 0.2) is 0 Å². The molecule has 8 heteroatoms. The van der Waals surface area contributed by atoms with E-state index in [1.54, 1.807) is 12.1 Å². The molecule has 1 atom stereocenters. The number of aryl methyl sites for hydroxylation is 1. The molecule has 130 valence electrons. The van der Waals surface area contributed by atoms with Crippen LogP contribution in [0.3, 0.4) is 0 Å². The van der Waals surface area contributed by atoms with E-state index in [9.17, 15) is 4.79 Å². The number of nitrogens with one attached hydrogen (secondary N) is 2. The minimum absolute atomic E-state index is 0.121. The average molecular weight is 360 g/mol. The maximum Gasteiger partial charge on any atom is 0.324 e. The van der Waals surface area contributed by atoms with E-state index < -0.39 is 0 Å². The summed E-state index contributed by atoms with van der Waals surface area (Å²) < 4.78 is 5.13. The highest BCUT2D eigenvalue weighted by Gasteiger charge is 2.16. The number of ether oxygens (including phenoxy) is 1. The van der Waals surface area contributed by atoms with Crippen LogP contribution in [0.5, 0.6) is 0 Å². The Hall–Kier alpha value is -2.80. The van der Waals surface area contributed by atoms with Gasteiger partial charge in [-0.2, -0.15) is 0 Å². The van der Waals surface area contributed by atoms with Gasteiger partial charge in [0.05, 0.1) is 11.1 Å². The Kier molecular flexibility index (Phi) is 5.35. The monoisotopic (exact) mass is 359 g/mol. The second kappa shape index (κ2) is 7.85. The number of amidine groups is 1. The van der Waals surface area contributed by atoms with E-state index in [4.69, 9.17) is 22.1 Å². The molecular weight excluding hydrogens is 342 g/mol. The fraction of sp³-hybridized carbons (Fsp3) is 0.235. The molecule has 0 saturated carbocycles. The number of rotatable bonds is 5. The normalized spacial score (nSPS) is 16.0. The standard InChI is InChI=1S/C17H18ClN5O2/c18-12-4-8-15(20-9-12)23-17(24)22-13-5-1-11(2-6-13)3-7-14-10-25-16(19)21-14/h1-2,4-6,8-9,14H,3,7,10H2,(H2,19,21)(H2,20,22,23,24). The summed E-state index contributed by atoms with van der Waals surface area (Å²) in [5, 5.41) is 5.91. The molecule has 0 radical (unpaired) electrons. The molecule has 1 aromatic heterocycles. The number of nitrogens with two attached hydrogens (primary N) is 1. The molecule has 0 bridgehead atoms. The van der Waals surface area contributed by atoms with Crippen LogP contribution < -0.4 is 16.4 Å². The molecule has 0 spiro atoms. The summed E-state index contributed by atoms with van der Waals surface area (Å²) in [7, 11) is 0. The van der Waals surface area contributed by atoms with Crippen molar-refractivity contribution >= 4 is 35.2 Å². The van der Waals surface area contributed by atoms with Crippen molar-refractivity contribution < 1.29 is 9.53 Å². The van der Waals surface area contributed by atoms with Crippen molar-refractivity contribution in [1.29, 1.82) is 0 Å². The summed E-state index contributed by atoms with van der Waals surface area (Å²) >= 11 is 5.76. The summed E-state index contributed by atoms with van der Waals surface area (Å²) in [5.41, 5.74) is 7.35. The third-order valence-corrected chi connectivity index (χ3v) is 3.90. The van der Waals surface area contributed by atoms with Crippen LogP contribution in [0, 0.1) is 0 Å². The van der Waals surface area contributed by atoms with Crippen molar-refractivity contribution in [3.63, 3.8) is 0 Å². The van der Waals surface area contributed by atoms with E-state index in [1.807, 2.05) is 24.3 Å². The SMILES string of the molecule is NC1=NC(CCc2ccc(NC(=O)Nc3ccc(Cl)cn3)cc2)CO1. The van der Waals surface area contributed by atoms with Gasteiger partial charge in [0.2, 0.25) is 0 Å². The average Bonchev–Trinajstić information content (AvgIpc) is 3.02. The zero-order chi connectivity index (χ0) is 17.6. The third kappa shape index (κ3) is 5.09. The Balaban J connectivity index is 1.48. The molecule has 3 rings (SSSR count). The molecule has 2 amide bonds. The minimum atomic E-state index is -0.365. The third-order valence-electron chi connectivity index (χ3n) is 3.68. The summed E-state index contributed by atoms with van der Waals surface area (Å²) in [6.45, 7) is 0.546. The molecule has 1 aromatic carbocycles. The lowest BCUT2D eigenvalue weighted by atomic mass is 10.1. The van der Waals surface area contributed by atoms with Gasteiger partial charge in [0.1, 0.15) is 12.4 Å². The molecule has 7 nitrogen and oxygen atoms in total. The first-order valence-electron chi connectivity index (χ1n) is 7.83. The molecule has 1 unspecified atom stereocenters. The molecule has 1 aliphatic heterocycles. The van der Waals surface area contributed by atoms with Gasteiger partial charge in [0, 0.05) is 11.9 Å². The predicted molar refractivity (Wildman–Crippen MR) is 98.0 cm³/mol. The lowest BCUT2D eigenvalue weighted by Gasteiger charge is -2.09. The summed E-state index contributed by atoms with van der Waals surface area (Å²) in [6.07, 6.45) is 3.21. The van der Waals surface area contributed by atoms with Gasteiger partial charge in [-0.3, -0.25) is 5.32 Å². The predicted octanol–water partition coefficient (Wildman–Crippen LogP) is 3.03. The molecule has 2 aromatic rings. The van der Waals surface area contributed by atoms with Crippen LogP contribution in [0.25, 0.3) is 0 Å². The van der Waals surface area contributed by atoms with E-state index in [2.05, 4.69) is 20.6 Å². The Morgan fingerprint density at radius 1 is 1.24 bits per heavy atom. The van der Waals surface area contributed by atoms with E-state index in [1.165, 1.54) is 6.20 Å². The van der Waals surface area contributed by atoms with Crippen molar-refractivity contribution in [3.05, 3.63) is 53.2 Å². The first-order chi connectivity index (χ1) is 12.1. The second-order valence-corrected chi connectivity index (χ2v) is 6.04. The number of urea groups is 1. The number of aliphatic imine (C=N–C) groups is 1. The van der Waals surface area contributed by atoms with Crippen molar-refractivity contribution in [2.75, 3.05) is 17.2 Å². The lowest BCUT2D eigenvalue weighted by Crippen LogP contribution is -2.20. The summed E-state index contributed by atoms with van der Waals surface area (Å²) in [5.74, 6) is 0.428. The highest BCUT2D eigenvalue weighted by atomic mass is 35.5. The number of aromatic nitrogens is 1. The van der Waals surface area contributed by atoms with Gasteiger partial charge < -0.3 is 15.8 Å². The number of halogens is 1. The van der Waals surface area contributed by atoms with Gasteiger partial charge in [0.25, 0.3) is 6.02 Å². The van der Waals surface area contributed by atoms with Crippen molar-refractivity contribution in [2.24, 2.45) is 10.7 Å². The fourth-order valence-corrected chi connectivity index (χ4v) is 2.51. The second-order valence-electron chi connectivity index (χ2n) is 5.61. The Morgan fingerprint density at radius 3 is 2.68 bits per heavy atom. The number of benzene rings is 1. The quantitative estimate of drug-likeness (QED) is 0.763. The molecule has 0 fully saturated rings. The number of nitrogens with zero attached hydrogens (tertiary/aromatic N) is 2. The molecule has 25 heavy (non-hydrogen) atoms. The van der Waals surface area contributed by atoms with Gasteiger partial charge in [-0.1, -0.05) is 23.7 Å². The largest absolute Gasteiger partial charge is 0.463 e. The molecule has 1 aliphatic rings. The number of hydrogen-bond acceptors (Lipinski definition) is 5. The molecule has 4 N–H and O–H groups in total. The van der Waals surface area contributed by atoms with E-state index in [0.29, 0.717) is 23.1 Å². The number of carbonyl (C=O) groups excluding carboxylic acids is 1. The molecule has 0 aliphatic carbocycles. The van der Waals surface area contributed by atoms with Gasteiger partial charge >= 0.3 is 6.03 Å². The van der Waals surface area contributed by atoms with E-state index in [0.717, 1.165) is 18.4 Å². The number of carbonyl (C=O) groups is 1. The van der Waals surface area contributed by atoms with Crippen molar-refractivity contribution in [2.45, 2.75) is 18.9 Å². The highest BCUT2D eigenvalue weighted by molar-refractivity contribution is 6.30. The van der Waals surface area contributed by atoms with Gasteiger partial charge in [-0.15, -0.1) is 0 Å². The van der Waals surface area contributed by atoms with Crippen LogP contribution in [-0.2, 0) is 11.2 Å². The van der Waals surface area contributed by atoms with E-state index in [-0.39, 0.29) is 18.1 Å². The molecular formula is C17H18ClN5O2. The Bertz CT molecular complexity index is 762. The zero-order valence-corrected chi connectivity index (χ0v) is 14.2. The fourth-order valence-electron chi connectivity index (χ4n) is 2.40. The number of hydrogen-bond donors (Lipinski definition) is 3.